The van der Waals surface area contributed by atoms with Crippen LogP contribution in [0.15, 0.2) is 117 Å². The van der Waals surface area contributed by atoms with Crippen LogP contribution >= 0.6 is 0 Å². The second-order valence-electron chi connectivity index (χ2n) is 18.2. The molecule has 1 unspecified atom stereocenters. The van der Waals surface area contributed by atoms with Gasteiger partial charge in [-0.15, -0.1) is 0 Å². The molecule has 368 valence electrons. The average Bonchev–Trinajstić information content (AvgIpc) is 3.57. The molecule has 0 fully saturated rings. The summed E-state index contributed by atoms with van der Waals surface area (Å²) in [6.07, 6.45) is 3.57. The Balaban J connectivity index is 1.01. The first kappa shape index (κ1) is 51.4. The SMILES string of the molecule is CCN(CC)c1ccc2c(-c3ccc(S(=O)(=O)NCCCCCC(=O)NCc4ccc5c(c4)C(C)(C)OC5(CCCNC)c4ccccc4)cc3S(=O)(=O)[O-])c3ccc(=[N+](CC)CC)cc-3oc2c1. The molecule has 15 heteroatoms. The maximum atomic E-state index is 13.6. The molecule has 0 radical (unpaired) electrons. The number of hydrogen-bond acceptors (Lipinski definition) is 10. The number of ether oxygens (including phenoxy) is 1. The third-order valence-electron chi connectivity index (χ3n) is 13.4. The summed E-state index contributed by atoms with van der Waals surface area (Å²) in [5.74, 6) is 0.384. The maximum absolute atomic E-state index is 13.6. The van der Waals surface area contributed by atoms with E-state index in [1.807, 2.05) is 61.6 Å². The van der Waals surface area contributed by atoms with Crippen molar-refractivity contribution in [3.8, 4) is 22.5 Å². The molecule has 3 N–H and O–H groups in total. The Kier molecular flexibility index (Phi) is 16.2. The van der Waals surface area contributed by atoms with Crippen molar-refractivity contribution in [2.75, 3.05) is 51.2 Å². The lowest BCUT2D eigenvalue weighted by molar-refractivity contribution is -0.121. The van der Waals surface area contributed by atoms with Gasteiger partial charge in [-0.2, -0.15) is 0 Å². The number of fused-ring (bicyclic) bond motifs is 3. The summed E-state index contributed by atoms with van der Waals surface area (Å²) in [5.41, 5.74) is 5.75. The van der Waals surface area contributed by atoms with E-state index in [9.17, 15) is 26.2 Å². The lowest BCUT2D eigenvalue weighted by atomic mass is 9.80. The molecule has 2 aliphatic heterocycles. The molecule has 0 spiro atoms. The highest BCUT2D eigenvalue weighted by Crippen LogP contribution is 2.53. The molecule has 1 atom stereocenters. The first-order valence-corrected chi connectivity index (χ1v) is 27.1. The van der Waals surface area contributed by atoms with Crippen molar-refractivity contribution < 1.29 is 35.3 Å². The first-order chi connectivity index (χ1) is 33.0. The predicted octanol–water partition coefficient (Wildman–Crippen LogP) is 8.43. The van der Waals surface area contributed by atoms with Crippen LogP contribution in [0.2, 0.25) is 0 Å². The smallest absolute Gasteiger partial charge is 0.240 e. The Morgan fingerprint density at radius 2 is 1.51 bits per heavy atom. The summed E-state index contributed by atoms with van der Waals surface area (Å²) < 4.78 is 84.7. The molecule has 0 saturated carbocycles. The highest BCUT2D eigenvalue weighted by molar-refractivity contribution is 7.89. The highest BCUT2D eigenvalue weighted by Gasteiger charge is 2.49. The van der Waals surface area contributed by atoms with Gasteiger partial charge in [-0.05, 0) is 133 Å². The number of hydrogen-bond donors (Lipinski definition) is 3. The van der Waals surface area contributed by atoms with Crippen LogP contribution in [-0.2, 0) is 47.4 Å². The maximum Gasteiger partial charge on any atom is 0.240 e. The van der Waals surface area contributed by atoms with E-state index in [0.29, 0.717) is 53.7 Å². The molecule has 0 saturated heterocycles. The molecule has 1 aliphatic carbocycles. The van der Waals surface area contributed by atoms with Crippen molar-refractivity contribution >= 4 is 42.7 Å². The molecular weight excluding hydrogens is 911 g/mol. The van der Waals surface area contributed by atoms with Gasteiger partial charge in [-0.3, -0.25) is 4.79 Å². The molecule has 2 heterocycles. The Morgan fingerprint density at radius 1 is 0.768 bits per heavy atom. The highest BCUT2D eigenvalue weighted by atomic mass is 32.2. The van der Waals surface area contributed by atoms with Crippen molar-refractivity contribution in [3.63, 3.8) is 0 Å². The molecule has 3 aliphatic rings. The van der Waals surface area contributed by atoms with E-state index in [2.05, 4.69) is 96.7 Å². The fourth-order valence-electron chi connectivity index (χ4n) is 9.84. The normalized spacial score (nSPS) is 15.7. The minimum Gasteiger partial charge on any atom is -0.744 e. The summed E-state index contributed by atoms with van der Waals surface area (Å²) in [7, 11) is -7.46. The number of anilines is 1. The summed E-state index contributed by atoms with van der Waals surface area (Å²) in [4.78, 5) is 14.1. The number of nitrogens with one attached hydrogen (secondary N) is 3. The quantitative estimate of drug-likeness (QED) is 0.0260. The van der Waals surface area contributed by atoms with E-state index in [1.54, 1.807) is 0 Å². The number of sulfonamides is 1. The van der Waals surface area contributed by atoms with Crippen LogP contribution in [0, 0.1) is 0 Å². The van der Waals surface area contributed by atoms with Crippen LogP contribution in [0.1, 0.15) is 102 Å². The van der Waals surface area contributed by atoms with Crippen molar-refractivity contribution in [3.05, 3.63) is 131 Å². The van der Waals surface area contributed by atoms with Gasteiger partial charge in [-0.25, -0.2) is 26.1 Å². The van der Waals surface area contributed by atoms with Crippen LogP contribution in [0.25, 0.3) is 33.4 Å². The van der Waals surface area contributed by atoms with E-state index >= 15 is 0 Å². The van der Waals surface area contributed by atoms with Gasteiger partial charge in [0.1, 0.15) is 40.2 Å². The van der Waals surface area contributed by atoms with Gasteiger partial charge in [0.2, 0.25) is 21.3 Å². The summed E-state index contributed by atoms with van der Waals surface area (Å²) in [6.45, 7) is 16.7. The lowest BCUT2D eigenvalue weighted by Crippen LogP contribution is -2.31. The monoisotopic (exact) mass is 977 g/mol. The second-order valence-corrected chi connectivity index (χ2v) is 21.3. The van der Waals surface area contributed by atoms with Crippen molar-refractivity contribution in [1.29, 1.82) is 0 Å². The van der Waals surface area contributed by atoms with E-state index < -0.39 is 36.2 Å². The van der Waals surface area contributed by atoms with E-state index in [1.165, 1.54) is 12.1 Å². The summed E-state index contributed by atoms with van der Waals surface area (Å²) in [5, 5.41) is 7.79. The minimum absolute atomic E-state index is 0.0524. The number of amides is 1. The third kappa shape index (κ3) is 11.1. The van der Waals surface area contributed by atoms with Crippen LogP contribution in [0.4, 0.5) is 5.69 Å². The van der Waals surface area contributed by atoms with Crippen molar-refractivity contribution in [2.24, 2.45) is 0 Å². The van der Waals surface area contributed by atoms with Gasteiger partial charge in [0.25, 0.3) is 0 Å². The lowest BCUT2D eigenvalue weighted by Gasteiger charge is -2.33. The van der Waals surface area contributed by atoms with Crippen molar-refractivity contribution in [2.45, 2.75) is 108 Å². The predicted molar refractivity (Wildman–Crippen MR) is 273 cm³/mol. The van der Waals surface area contributed by atoms with E-state index in [-0.39, 0.29) is 29.3 Å². The Morgan fingerprint density at radius 3 is 2.20 bits per heavy atom. The van der Waals surface area contributed by atoms with Gasteiger partial charge in [0, 0.05) is 72.5 Å². The van der Waals surface area contributed by atoms with Crippen LogP contribution < -0.4 is 30.2 Å². The number of carbonyl (C=O) groups is 1. The summed E-state index contributed by atoms with van der Waals surface area (Å²) >= 11 is 0. The Bertz CT molecular complexity index is 3050. The fraction of sp³-hybridized carbons (Fsp3) is 0.407. The van der Waals surface area contributed by atoms with Crippen LogP contribution in [0.5, 0.6) is 0 Å². The Hall–Kier alpha value is -5.42. The van der Waals surface area contributed by atoms with Crippen LogP contribution in [0.3, 0.4) is 0 Å². The molecular formula is C54H67N5O8S2. The molecule has 0 bridgehead atoms. The first-order valence-electron chi connectivity index (χ1n) is 24.2. The topological polar surface area (TPSA) is 173 Å². The molecule has 69 heavy (non-hydrogen) atoms. The number of carbonyl (C=O) groups excluding carboxylic acids is 1. The zero-order chi connectivity index (χ0) is 49.6. The van der Waals surface area contributed by atoms with Crippen LogP contribution in [-0.4, -0.2) is 73.6 Å². The standard InChI is InChI=1S/C54H67N5O8S2/c1-8-58(9-2)40-23-26-43-48(34-40)66-49-35-41(59(10-3)11-4)24-27-44(49)52(43)45-28-25-42(36-50(45)69(63,64)65)68(61,62)57-32-17-13-16-21-51(60)56-37-38-22-29-46-47(33-38)53(5,6)67-54(46,30-18-31-55-7)39-19-14-12-15-20-39/h12,14-15,19-20,22-29,33-36,55,57H,8-11,13,16-18,21,30-32,37H2,1-7H3,(H-,56,60,63,64,65). The Labute approximate surface area is 408 Å². The molecule has 4 aromatic carbocycles. The number of nitrogens with zero attached hydrogens (tertiary/aromatic N) is 2. The van der Waals surface area contributed by atoms with Gasteiger partial charge in [0.15, 0.2) is 0 Å². The van der Waals surface area contributed by atoms with Crippen molar-refractivity contribution in [1.82, 2.24) is 19.9 Å². The fourth-order valence-corrected chi connectivity index (χ4v) is 11.7. The van der Waals surface area contributed by atoms with E-state index in [0.717, 1.165) is 84.9 Å². The minimum atomic E-state index is -5.19. The number of rotatable bonds is 22. The number of benzene rings is 5. The molecule has 0 aromatic heterocycles. The average molecular weight is 978 g/mol. The van der Waals surface area contributed by atoms with Gasteiger partial charge in [-0.1, -0.05) is 61.0 Å². The number of unbranched alkanes of at least 4 members (excludes halogenated alkanes) is 2. The summed E-state index contributed by atoms with van der Waals surface area (Å²) in [6, 6.07) is 31.7. The largest absolute Gasteiger partial charge is 0.744 e. The second kappa shape index (κ2) is 21.7. The molecule has 4 aromatic rings. The molecule has 1 amide bonds. The van der Waals surface area contributed by atoms with Gasteiger partial charge >= 0.3 is 0 Å². The van der Waals surface area contributed by atoms with Gasteiger partial charge < -0.3 is 29.2 Å². The molecule has 13 nitrogen and oxygen atoms in total. The van der Waals surface area contributed by atoms with E-state index in [4.69, 9.17) is 9.15 Å². The third-order valence-corrected chi connectivity index (χ3v) is 15.7. The zero-order valence-corrected chi connectivity index (χ0v) is 42.6. The van der Waals surface area contributed by atoms with Gasteiger partial charge in [0.05, 0.1) is 21.5 Å². The zero-order valence-electron chi connectivity index (χ0n) is 41.0. The molecule has 7 rings (SSSR count).